The molecule has 0 radical (unpaired) electrons. The fourth-order valence-corrected chi connectivity index (χ4v) is 1.59. The highest BCUT2D eigenvalue weighted by Crippen LogP contribution is 2.24. The van der Waals surface area contributed by atoms with Crippen LogP contribution in [0.25, 0.3) is 0 Å². The predicted octanol–water partition coefficient (Wildman–Crippen LogP) is 3.59. The summed E-state index contributed by atoms with van der Waals surface area (Å²) in [5.74, 6) is -2.60. The van der Waals surface area contributed by atoms with E-state index < -0.39 is 17.5 Å². The molecule has 3 nitrogen and oxygen atoms in total. The molecule has 0 saturated heterocycles. The summed E-state index contributed by atoms with van der Waals surface area (Å²) < 4.78 is 40.4. The molecule has 1 aromatic heterocycles. The Balaban J connectivity index is 2.40. The molecule has 19 heavy (non-hydrogen) atoms. The van der Waals surface area contributed by atoms with E-state index in [2.05, 4.69) is 15.6 Å². The molecular weight excluding hydrogens is 255 g/mol. The van der Waals surface area contributed by atoms with Crippen molar-refractivity contribution in [1.82, 2.24) is 4.98 Å². The Bertz CT molecular complexity index is 614. The third kappa shape index (κ3) is 2.78. The topological polar surface area (TPSA) is 37.0 Å². The van der Waals surface area contributed by atoms with Gasteiger partial charge in [-0.1, -0.05) is 6.07 Å². The first kappa shape index (κ1) is 13.2. The van der Waals surface area contributed by atoms with Crippen LogP contribution in [0.4, 0.5) is 30.5 Å². The second kappa shape index (κ2) is 5.17. The van der Waals surface area contributed by atoms with Gasteiger partial charge in [0.1, 0.15) is 5.82 Å². The van der Waals surface area contributed by atoms with Crippen molar-refractivity contribution in [3.63, 3.8) is 0 Å². The standard InChI is InChI=1S/C13H12F3N3/c1-7-3-4-8(14)11(5-7)18-13-10(16)6-9(15)12(17-2)19-13/h3-6H,1-2H3,(H2,17,18,19). The zero-order valence-electron chi connectivity index (χ0n) is 10.4. The van der Waals surface area contributed by atoms with Crippen LogP contribution in [0.15, 0.2) is 24.3 Å². The van der Waals surface area contributed by atoms with Crippen molar-refractivity contribution in [2.75, 3.05) is 17.7 Å². The minimum Gasteiger partial charge on any atom is -0.371 e. The van der Waals surface area contributed by atoms with E-state index in [-0.39, 0.29) is 17.3 Å². The second-order valence-corrected chi connectivity index (χ2v) is 4.01. The van der Waals surface area contributed by atoms with Gasteiger partial charge in [-0.15, -0.1) is 0 Å². The van der Waals surface area contributed by atoms with Crippen LogP contribution in [0.2, 0.25) is 0 Å². The number of halogens is 3. The van der Waals surface area contributed by atoms with Gasteiger partial charge >= 0.3 is 0 Å². The van der Waals surface area contributed by atoms with E-state index in [0.29, 0.717) is 6.07 Å². The molecule has 1 heterocycles. The van der Waals surface area contributed by atoms with Gasteiger partial charge in [0.2, 0.25) is 0 Å². The number of aromatic nitrogens is 1. The van der Waals surface area contributed by atoms with E-state index in [1.165, 1.54) is 19.2 Å². The number of nitrogens with one attached hydrogen (secondary N) is 2. The Morgan fingerprint density at radius 2 is 1.63 bits per heavy atom. The highest BCUT2D eigenvalue weighted by atomic mass is 19.1. The number of hydrogen-bond acceptors (Lipinski definition) is 3. The second-order valence-electron chi connectivity index (χ2n) is 4.01. The fraction of sp³-hybridized carbons (Fsp3) is 0.154. The van der Waals surface area contributed by atoms with Crippen molar-refractivity contribution < 1.29 is 13.2 Å². The van der Waals surface area contributed by atoms with Crippen LogP contribution < -0.4 is 10.6 Å². The van der Waals surface area contributed by atoms with Crippen molar-refractivity contribution in [2.24, 2.45) is 0 Å². The maximum absolute atomic E-state index is 13.6. The number of aryl methyl sites for hydroxylation is 1. The van der Waals surface area contributed by atoms with Crippen molar-refractivity contribution in [3.8, 4) is 0 Å². The lowest BCUT2D eigenvalue weighted by molar-refractivity contribution is 0.579. The molecule has 0 aliphatic carbocycles. The lowest BCUT2D eigenvalue weighted by Gasteiger charge is -2.10. The van der Waals surface area contributed by atoms with E-state index in [9.17, 15) is 13.2 Å². The molecular formula is C13H12F3N3. The van der Waals surface area contributed by atoms with Crippen molar-refractivity contribution in [3.05, 3.63) is 47.3 Å². The zero-order valence-corrected chi connectivity index (χ0v) is 10.4. The third-order valence-electron chi connectivity index (χ3n) is 2.54. The van der Waals surface area contributed by atoms with Crippen LogP contribution in [0, 0.1) is 24.4 Å². The summed E-state index contributed by atoms with van der Waals surface area (Å²) in [6.07, 6.45) is 0. The minimum atomic E-state index is -0.891. The van der Waals surface area contributed by atoms with E-state index in [0.717, 1.165) is 5.56 Å². The smallest absolute Gasteiger partial charge is 0.169 e. The molecule has 0 fully saturated rings. The number of anilines is 3. The molecule has 2 aromatic rings. The Morgan fingerprint density at radius 1 is 0.947 bits per heavy atom. The van der Waals surface area contributed by atoms with E-state index in [4.69, 9.17) is 0 Å². The van der Waals surface area contributed by atoms with Gasteiger partial charge in [0.15, 0.2) is 23.3 Å². The quantitative estimate of drug-likeness (QED) is 0.892. The molecule has 6 heteroatoms. The Hall–Kier alpha value is -2.24. The molecule has 2 rings (SSSR count). The first-order chi connectivity index (χ1) is 9.01. The van der Waals surface area contributed by atoms with Crippen LogP contribution in [-0.4, -0.2) is 12.0 Å². The number of hydrogen-bond donors (Lipinski definition) is 2. The Morgan fingerprint density at radius 3 is 2.32 bits per heavy atom. The summed E-state index contributed by atoms with van der Waals surface area (Å²) in [5, 5.41) is 5.00. The molecule has 0 atom stereocenters. The minimum absolute atomic E-state index is 0.0834. The van der Waals surface area contributed by atoms with Crippen LogP contribution in [-0.2, 0) is 0 Å². The summed E-state index contributed by atoms with van der Waals surface area (Å²) in [6.45, 7) is 1.78. The van der Waals surface area contributed by atoms with Gasteiger partial charge in [-0.25, -0.2) is 18.2 Å². The highest BCUT2D eigenvalue weighted by molar-refractivity contribution is 5.60. The molecule has 2 N–H and O–H groups in total. The number of nitrogens with zero attached hydrogens (tertiary/aromatic N) is 1. The SMILES string of the molecule is CNc1nc(Nc2cc(C)ccc2F)c(F)cc1F. The largest absolute Gasteiger partial charge is 0.371 e. The molecule has 1 aromatic carbocycles. The summed E-state index contributed by atoms with van der Waals surface area (Å²) in [5.41, 5.74) is 0.889. The number of rotatable bonds is 3. The van der Waals surface area contributed by atoms with Crippen LogP contribution in [0.5, 0.6) is 0 Å². The van der Waals surface area contributed by atoms with Crippen LogP contribution >= 0.6 is 0 Å². The summed E-state index contributed by atoms with van der Waals surface area (Å²) in [7, 11) is 1.46. The van der Waals surface area contributed by atoms with Crippen molar-refractivity contribution in [2.45, 2.75) is 6.92 Å². The van der Waals surface area contributed by atoms with Gasteiger partial charge in [-0.2, -0.15) is 0 Å². The molecule has 0 saturated carbocycles. The van der Waals surface area contributed by atoms with Gasteiger partial charge in [0.05, 0.1) is 5.69 Å². The van der Waals surface area contributed by atoms with Gasteiger partial charge in [0.25, 0.3) is 0 Å². The lowest BCUT2D eigenvalue weighted by Crippen LogP contribution is -2.04. The maximum atomic E-state index is 13.6. The zero-order chi connectivity index (χ0) is 14.0. The maximum Gasteiger partial charge on any atom is 0.169 e. The molecule has 0 bridgehead atoms. The van der Waals surface area contributed by atoms with Gasteiger partial charge in [0, 0.05) is 13.1 Å². The molecule has 100 valence electrons. The van der Waals surface area contributed by atoms with E-state index in [1.54, 1.807) is 13.0 Å². The van der Waals surface area contributed by atoms with E-state index in [1.807, 2.05) is 0 Å². The van der Waals surface area contributed by atoms with E-state index >= 15 is 0 Å². The normalized spacial score (nSPS) is 10.4. The first-order valence-electron chi connectivity index (χ1n) is 5.58. The lowest BCUT2D eigenvalue weighted by atomic mass is 10.2. The Kier molecular flexibility index (Phi) is 3.59. The summed E-state index contributed by atoms with van der Waals surface area (Å²) >= 11 is 0. The monoisotopic (exact) mass is 267 g/mol. The molecule has 0 aliphatic rings. The number of benzene rings is 1. The molecule has 0 unspecified atom stereocenters. The average molecular weight is 267 g/mol. The summed E-state index contributed by atoms with van der Waals surface area (Å²) in [6, 6.07) is 5.06. The van der Waals surface area contributed by atoms with Crippen molar-refractivity contribution in [1.29, 1.82) is 0 Å². The predicted molar refractivity (Wildman–Crippen MR) is 68.1 cm³/mol. The molecule has 0 spiro atoms. The first-order valence-corrected chi connectivity index (χ1v) is 5.58. The fourth-order valence-electron chi connectivity index (χ4n) is 1.59. The van der Waals surface area contributed by atoms with Gasteiger partial charge in [-0.3, -0.25) is 0 Å². The summed E-state index contributed by atoms with van der Waals surface area (Å²) in [4.78, 5) is 3.72. The average Bonchev–Trinajstić information content (AvgIpc) is 2.37. The van der Waals surface area contributed by atoms with Crippen molar-refractivity contribution >= 4 is 17.3 Å². The van der Waals surface area contributed by atoms with Gasteiger partial charge in [-0.05, 0) is 24.6 Å². The number of pyridine rings is 1. The third-order valence-corrected chi connectivity index (χ3v) is 2.54. The van der Waals surface area contributed by atoms with Gasteiger partial charge < -0.3 is 10.6 Å². The molecule has 0 amide bonds. The van der Waals surface area contributed by atoms with Crippen LogP contribution in [0.3, 0.4) is 0 Å². The Labute approximate surface area is 108 Å². The molecule has 0 aliphatic heterocycles. The van der Waals surface area contributed by atoms with Crippen LogP contribution in [0.1, 0.15) is 5.56 Å². The highest BCUT2D eigenvalue weighted by Gasteiger charge is 2.12.